The first-order valence-electron chi connectivity index (χ1n) is 7.97. The lowest BCUT2D eigenvalue weighted by atomic mass is 9.92. The zero-order valence-electron chi connectivity index (χ0n) is 13.1. The summed E-state index contributed by atoms with van der Waals surface area (Å²) in [6, 6.07) is 5.31. The molecule has 6 heteroatoms. The maximum absolute atomic E-state index is 13.0. The third-order valence-electron chi connectivity index (χ3n) is 5.16. The molecule has 1 aromatic carbocycles. The van der Waals surface area contributed by atoms with Gasteiger partial charge in [0.1, 0.15) is 0 Å². The number of carbonyl (C=O) groups is 1. The highest BCUT2D eigenvalue weighted by atomic mass is 19.4. The van der Waals surface area contributed by atoms with E-state index in [0.29, 0.717) is 31.5 Å². The maximum Gasteiger partial charge on any atom is 0.416 e. The maximum atomic E-state index is 13.0. The summed E-state index contributed by atoms with van der Waals surface area (Å²) >= 11 is 0. The quantitative estimate of drug-likeness (QED) is 0.928. The second kappa shape index (κ2) is 5.51. The van der Waals surface area contributed by atoms with Crippen molar-refractivity contribution in [1.29, 1.82) is 0 Å². The van der Waals surface area contributed by atoms with Crippen LogP contribution in [0.2, 0.25) is 0 Å². The molecule has 1 amide bonds. The molecule has 0 spiro atoms. The van der Waals surface area contributed by atoms with Crippen molar-refractivity contribution in [3.8, 4) is 0 Å². The van der Waals surface area contributed by atoms with E-state index < -0.39 is 17.2 Å². The number of alkyl halides is 3. The van der Waals surface area contributed by atoms with Gasteiger partial charge in [0.2, 0.25) is 5.91 Å². The van der Waals surface area contributed by atoms with E-state index in [2.05, 4.69) is 0 Å². The SMILES string of the molecule is CC1CC(CN)CN1C(=O)C1(c2cccc(C(F)(F)F)c2)CC1. The van der Waals surface area contributed by atoms with Crippen molar-refractivity contribution in [3.05, 3.63) is 35.4 Å². The molecular formula is C17H21F3N2O. The molecule has 1 saturated heterocycles. The Balaban J connectivity index is 1.87. The predicted molar refractivity (Wildman–Crippen MR) is 80.7 cm³/mol. The number of likely N-dealkylation sites (tertiary alicyclic amines) is 1. The van der Waals surface area contributed by atoms with E-state index in [-0.39, 0.29) is 17.9 Å². The molecule has 2 aliphatic rings. The molecule has 1 aliphatic carbocycles. The van der Waals surface area contributed by atoms with Crippen LogP contribution >= 0.6 is 0 Å². The summed E-state index contributed by atoms with van der Waals surface area (Å²) in [6.07, 6.45) is -2.30. The van der Waals surface area contributed by atoms with Crippen LogP contribution in [-0.2, 0) is 16.4 Å². The van der Waals surface area contributed by atoms with Crippen LogP contribution in [0.5, 0.6) is 0 Å². The molecule has 2 atom stereocenters. The van der Waals surface area contributed by atoms with Crippen molar-refractivity contribution in [2.45, 2.75) is 43.8 Å². The van der Waals surface area contributed by atoms with Gasteiger partial charge in [-0.15, -0.1) is 0 Å². The topological polar surface area (TPSA) is 46.3 Å². The standard InChI is InChI=1S/C17H21F3N2O/c1-11-7-12(9-21)10-22(11)15(23)16(5-6-16)13-3-2-4-14(8-13)17(18,19)20/h2-4,8,11-12H,5-7,9-10,21H2,1H3. The van der Waals surface area contributed by atoms with E-state index in [0.717, 1.165) is 18.6 Å². The number of benzene rings is 1. The van der Waals surface area contributed by atoms with Gasteiger partial charge in [-0.3, -0.25) is 4.79 Å². The van der Waals surface area contributed by atoms with Gasteiger partial charge in [0.15, 0.2) is 0 Å². The summed E-state index contributed by atoms with van der Waals surface area (Å²) in [5.74, 6) is 0.242. The summed E-state index contributed by atoms with van der Waals surface area (Å²) in [4.78, 5) is 14.8. The third-order valence-corrected chi connectivity index (χ3v) is 5.16. The van der Waals surface area contributed by atoms with Gasteiger partial charge in [0.25, 0.3) is 0 Å². The second-order valence-electron chi connectivity index (χ2n) is 6.80. The number of hydrogen-bond acceptors (Lipinski definition) is 2. The minimum atomic E-state index is -4.39. The molecule has 1 aliphatic heterocycles. The van der Waals surface area contributed by atoms with Crippen LogP contribution in [0, 0.1) is 5.92 Å². The minimum Gasteiger partial charge on any atom is -0.339 e. The number of amides is 1. The second-order valence-corrected chi connectivity index (χ2v) is 6.80. The molecular weight excluding hydrogens is 305 g/mol. The minimum absolute atomic E-state index is 0.0414. The molecule has 3 nitrogen and oxygen atoms in total. The molecule has 0 bridgehead atoms. The fourth-order valence-electron chi connectivity index (χ4n) is 3.62. The van der Waals surface area contributed by atoms with Crippen LogP contribution in [0.15, 0.2) is 24.3 Å². The van der Waals surface area contributed by atoms with Gasteiger partial charge in [0, 0.05) is 12.6 Å². The molecule has 1 aromatic rings. The predicted octanol–water partition coefficient (Wildman–Crippen LogP) is 2.93. The normalized spacial score (nSPS) is 26.4. The molecule has 1 heterocycles. The Kier molecular flexibility index (Phi) is 3.91. The summed E-state index contributed by atoms with van der Waals surface area (Å²) in [5.41, 5.74) is 4.73. The van der Waals surface area contributed by atoms with Crippen LogP contribution in [-0.4, -0.2) is 29.9 Å². The highest BCUT2D eigenvalue weighted by molar-refractivity contribution is 5.91. The van der Waals surface area contributed by atoms with Crippen molar-refractivity contribution >= 4 is 5.91 Å². The van der Waals surface area contributed by atoms with E-state index in [1.807, 2.05) is 11.8 Å². The first-order chi connectivity index (χ1) is 10.8. The highest BCUT2D eigenvalue weighted by Crippen LogP contribution is 2.51. The summed E-state index contributed by atoms with van der Waals surface area (Å²) in [7, 11) is 0. The van der Waals surface area contributed by atoms with Crippen molar-refractivity contribution < 1.29 is 18.0 Å². The van der Waals surface area contributed by atoms with Crippen LogP contribution in [0.3, 0.4) is 0 Å². The van der Waals surface area contributed by atoms with E-state index in [9.17, 15) is 18.0 Å². The number of rotatable bonds is 3. The van der Waals surface area contributed by atoms with Gasteiger partial charge in [0.05, 0.1) is 11.0 Å². The zero-order chi connectivity index (χ0) is 16.8. The Bertz CT molecular complexity index is 610. The van der Waals surface area contributed by atoms with E-state index in [1.165, 1.54) is 6.07 Å². The van der Waals surface area contributed by atoms with Crippen molar-refractivity contribution in [1.82, 2.24) is 4.90 Å². The van der Waals surface area contributed by atoms with Crippen molar-refractivity contribution in [2.75, 3.05) is 13.1 Å². The number of hydrogen-bond donors (Lipinski definition) is 1. The number of nitrogens with two attached hydrogens (primary N) is 1. The Hall–Kier alpha value is -1.56. The van der Waals surface area contributed by atoms with Gasteiger partial charge in [-0.1, -0.05) is 18.2 Å². The van der Waals surface area contributed by atoms with E-state index >= 15 is 0 Å². The van der Waals surface area contributed by atoms with Crippen LogP contribution in [0.25, 0.3) is 0 Å². The van der Waals surface area contributed by atoms with Gasteiger partial charge >= 0.3 is 6.18 Å². The molecule has 3 rings (SSSR count). The fraction of sp³-hybridized carbons (Fsp3) is 0.588. The van der Waals surface area contributed by atoms with Gasteiger partial charge in [-0.05, 0) is 50.3 Å². The zero-order valence-corrected chi connectivity index (χ0v) is 13.1. The Labute approximate surface area is 133 Å². The molecule has 1 saturated carbocycles. The highest BCUT2D eigenvalue weighted by Gasteiger charge is 2.55. The lowest BCUT2D eigenvalue weighted by Gasteiger charge is -2.27. The Morgan fingerprint density at radius 1 is 1.39 bits per heavy atom. The average molecular weight is 326 g/mol. The molecule has 2 unspecified atom stereocenters. The molecule has 2 fully saturated rings. The molecule has 23 heavy (non-hydrogen) atoms. The Morgan fingerprint density at radius 2 is 2.09 bits per heavy atom. The average Bonchev–Trinajstić information content (AvgIpc) is 3.24. The molecule has 2 N–H and O–H groups in total. The van der Waals surface area contributed by atoms with E-state index in [1.54, 1.807) is 6.07 Å². The van der Waals surface area contributed by atoms with E-state index in [4.69, 9.17) is 5.73 Å². The van der Waals surface area contributed by atoms with Gasteiger partial charge in [-0.2, -0.15) is 13.2 Å². The molecule has 126 valence electrons. The fourth-order valence-corrected chi connectivity index (χ4v) is 3.62. The summed E-state index contributed by atoms with van der Waals surface area (Å²) in [5, 5.41) is 0. The van der Waals surface area contributed by atoms with Crippen LogP contribution < -0.4 is 5.73 Å². The first kappa shape index (κ1) is 16.3. The molecule has 0 radical (unpaired) electrons. The smallest absolute Gasteiger partial charge is 0.339 e. The van der Waals surface area contributed by atoms with Crippen LogP contribution in [0.4, 0.5) is 13.2 Å². The lowest BCUT2D eigenvalue weighted by Crippen LogP contribution is -2.41. The summed E-state index contributed by atoms with van der Waals surface area (Å²) < 4.78 is 38.8. The van der Waals surface area contributed by atoms with Crippen LogP contribution in [0.1, 0.15) is 37.3 Å². The molecule has 0 aromatic heterocycles. The van der Waals surface area contributed by atoms with Gasteiger partial charge < -0.3 is 10.6 Å². The Morgan fingerprint density at radius 3 is 2.61 bits per heavy atom. The number of halogens is 3. The first-order valence-corrected chi connectivity index (χ1v) is 7.97. The number of carbonyl (C=O) groups excluding carboxylic acids is 1. The summed E-state index contributed by atoms with van der Waals surface area (Å²) in [6.45, 7) is 3.12. The van der Waals surface area contributed by atoms with Crippen molar-refractivity contribution in [3.63, 3.8) is 0 Å². The largest absolute Gasteiger partial charge is 0.416 e. The number of nitrogens with zero attached hydrogens (tertiary/aromatic N) is 1. The lowest BCUT2D eigenvalue weighted by molar-refractivity contribution is -0.138. The van der Waals surface area contributed by atoms with Crippen molar-refractivity contribution in [2.24, 2.45) is 11.7 Å². The van der Waals surface area contributed by atoms with Gasteiger partial charge in [-0.25, -0.2) is 0 Å². The third kappa shape index (κ3) is 2.84. The monoisotopic (exact) mass is 326 g/mol.